The molecule has 0 amide bonds. The molecule has 0 aliphatic heterocycles. The third kappa shape index (κ3) is 2.55. The largest absolute Gasteiger partial charge is 0.392 e. The average Bonchev–Trinajstić information content (AvgIpc) is 2.25. The van der Waals surface area contributed by atoms with Crippen LogP contribution in [0.3, 0.4) is 0 Å². The Kier molecular flexibility index (Phi) is 3.44. The zero-order chi connectivity index (χ0) is 13.4. The van der Waals surface area contributed by atoms with E-state index in [1.54, 1.807) is 0 Å². The zero-order valence-corrected chi connectivity index (χ0v) is 10.9. The maximum Gasteiger partial charge on any atom is 0.243 e. The average molecular weight is 273 g/mol. The number of hydrogen-bond donors (Lipinski definition) is 2. The van der Waals surface area contributed by atoms with Gasteiger partial charge >= 0.3 is 0 Å². The fourth-order valence-corrected chi connectivity index (χ4v) is 3.57. The molecule has 100 valence electrons. The molecule has 0 atom stereocenters. The summed E-state index contributed by atoms with van der Waals surface area (Å²) in [5, 5.41) is 8.86. The summed E-state index contributed by atoms with van der Waals surface area (Å²) in [6.07, 6.45) is 2.51. The zero-order valence-electron chi connectivity index (χ0n) is 10.1. The third-order valence-electron chi connectivity index (χ3n) is 3.31. The molecule has 1 fully saturated rings. The number of rotatable bonds is 4. The van der Waals surface area contributed by atoms with Crippen molar-refractivity contribution in [2.75, 3.05) is 0 Å². The lowest BCUT2D eigenvalue weighted by Crippen LogP contribution is -2.50. The van der Waals surface area contributed by atoms with E-state index in [1.807, 2.05) is 6.92 Å². The summed E-state index contributed by atoms with van der Waals surface area (Å²) in [6.45, 7) is 1.50. The van der Waals surface area contributed by atoms with Gasteiger partial charge in [0.15, 0.2) is 0 Å². The van der Waals surface area contributed by atoms with Crippen molar-refractivity contribution in [2.45, 2.75) is 43.2 Å². The predicted molar refractivity (Wildman–Crippen MR) is 64.9 cm³/mol. The molecule has 0 aromatic heterocycles. The Hall–Kier alpha value is -0.980. The first-order valence-electron chi connectivity index (χ1n) is 5.80. The molecule has 18 heavy (non-hydrogen) atoms. The molecule has 1 saturated carbocycles. The molecule has 1 aliphatic rings. The summed E-state index contributed by atoms with van der Waals surface area (Å²) in [6, 6.07) is 3.63. The molecule has 0 saturated heterocycles. The number of aliphatic hydroxyl groups is 1. The fraction of sp³-hybridized carbons (Fsp3) is 0.500. The maximum absolute atomic E-state index is 13.7. The normalized spacial score (nSPS) is 18.4. The summed E-state index contributed by atoms with van der Waals surface area (Å²) in [5.41, 5.74) is -0.109. The highest BCUT2D eigenvalue weighted by Crippen LogP contribution is 2.33. The predicted octanol–water partition coefficient (Wildman–Crippen LogP) is 1.54. The van der Waals surface area contributed by atoms with Crippen LogP contribution >= 0.6 is 0 Å². The summed E-state index contributed by atoms with van der Waals surface area (Å²) in [7, 11) is -3.84. The van der Waals surface area contributed by atoms with Crippen LogP contribution in [0.1, 0.15) is 31.7 Å². The monoisotopic (exact) mass is 273 g/mol. The van der Waals surface area contributed by atoms with Gasteiger partial charge in [-0.25, -0.2) is 17.5 Å². The van der Waals surface area contributed by atoms with Crippen molar-refractivity contribution < 1.29 is 17.9 Å². The Bertz CT molecular complexity index is 552. The first kappa shape index (κ1) is 13.5. The van der Waals surface area contributed by atoms with Gasteiger partial charge in [0.05, 0.1) is 6.61 Å². The van der Waals surface area contributed by atoms with E-state index in [-0.39, 0.29) is 11.5 Å². The fourth-order valence-electron chi connectivity index (χ4n) is 2.05. The van der Waals surface area contributed by atoms with Crippen molar-refractivity contribution in [3.05, 3.63) is 29.6 Å². The van der Waals surface area contributed by atoms with Crippen LogP contribution in [0.4, 0.5) is 4.39 Å². The second-order valence-corrected chi connectivity index (χ2v) is 6.59. The van der Waals surface area contributed by atoms with Crippen LogP contribution in [0.15, 0.2) is 23.1 Å². The van der Waals surface area contributed by atoms with Crippen molar-refractivity contribution in [3.63, 3.8) is 0 Å². The smallest absolute Gasteiger partial charge is 0.243 e. The molecule has 0 heterocycles. The van der Waals surface area contributed by atoms with Gasteiger partial charge in [-0.15, -0.1) is 0 Å². The topological polar surface area (TPSA) is 66.4 Å². The van der Waals surface area contributed by atoms with Gasteiger partial charge in [-0.1, -0.05) is 6.07 Å². The van der Waals surface area contributed by atoms with Gasteiger partial charge in [0.1, 0.15) is 10.7 Å². The SMILES string of the molecule is CC1(NS(=O)(=O)c2ccc(CO)cc2F)CCC1. The Morgan fingerprint density at radius 2 is 2.11 bits per heavy atom. The number of hydrogen-bond acceptors (Lipinski definition) is 3. The van der Waals surface area contributed by atoms with E-state index >= 15 is 0 Å². The van der Waals surface area contributed by atoms with Gasteiger partial charge in [-0.3, -0.25) is 0 Å². The molecular weight excluding hydrogens is 257 g/mol. The molecule has 0 unspecified atom stereocenters. The lowest BCUT2D eigenvalue weighted by Gasteiger charge is -2.38. The Morgan fingerprint density at radius 3 is 2.56 bits per heavy atom. The number of aliphatic hydroxyl groups excluding tert-OH is 1. The lowest BCUT2D eigenvalue weighted by atomic mass is 9.80. The van der Waals surface area contributed by atoms with Gasteiger partial charge in [0.2, 0.25) is 10.0 Å². The minimum absolute atomic E-state index is 0.317. The summed E-state index contributed by atoms with van der Waals surface area (Å²) in [5.74, 6) is -0.836. The van der Waals surface area contributed by atoms with Gasteiger partial charge in [0, 0.05) is 5.54 Å². The molecule has 0 spiro atoms. The molecule has 0 radical (unpaired) electrons. The van der Waals surface area contributed by atoms with Crippen molar-refractivity contribution >= 4 is 10.0 Å². The Morgan fingerprint density at radius 1 is 1.44 bits per heavy atom. The third-order valence-corrected chi connectivity index (χ3v) is 4.98. The summed E-state index contributed by atoms with van der Waals surface area (Å²) >= 11 is 0. The number of nitrogens with one attached hydrogen (secondary N) is 1. The minimum Gasteiger partial charge on any atom is -0.392 e. The molecular formula is C12H16FNO3S. The van der Waals surface area contributed by atoms with Crippen molar-refractivity contribution in [2.24, 2.45) is 0 Å². The molecule has 2 N–H and O–H groups in total. The van der Waals surface area contributed by atoms with Gasteiger partial charge in [0.25, 0.3) is 0 Å². The van der Waals surface area contributed by atoms with Gasteiger partial charge < -0.3 is 5.11 Å². The van der Waals surface area contributed by atoms with E-state index in [4.69, 9.17) is 5.11 Å². The minimum atomic E-state index is -3.84. The van der Waals surface area contributed by atoms with Crippen molar-refractivity contribution in [1.29, 1.82) is 0 Å². The van der Waals surface area contributed by atoms with Crippen LogP contribution in [0.25, 0.3) is 0 Å². The Labute approximate surface area is 106 Å². The highest BCUT2D eigenvalue weighted by molar-refractivity contribution is 7.89. The summed E-state index contributed by atoms with van der Waals surface area (Å²) in [4.78, 5) is -0.368. The first-order valence-corrected chi connectivity index (χ1v) is 7.28. The highest BCUT2D eigenvalue weighted by Gasteiger charge is 2.36. The second-order valence-electron chi connectivity index (χ2n) is 4.94. The molecule has 2 rings (SSSR count). The van der Waals surface area contributed by atoms with Crippen molar-refractivity contribution in [1.82, 2.24) is 4.72 Å². The molecule has 1 aromatic rings. The first-order chi connectivity index (χ1) is 8.36. The van der Waals surface area contributed by atoms with Crippen LogP contribution < -0.4 is 4.72 Å². The quantitative estimate of drug-likeness (QED) is 0.874. The van der Waals surface area contributed by atoms with Crippen LogP contribution in [-0.2, 0) is 16.6 Å². The van der Waals surface area contributed by atoms with Gasteiger partial charge in [-0.05, 0) is 43.9 Å². The van der Waals surface area contributed by atoms with E-state index in [9.17, 15) is 12.8 Å². The number of sulfonamides is 1. The molecule has 0 bridgehead atoms. The van der Waals surface area contributed by atoms with Crippen molar-refractivity contribution in [3.8, 4) is 0 Å². The molecule has 1 aromatic carbocycles. The molecule has 6 heteroatoms. The van der Waals surface area contributed by atoms with E-state index in [0.717, 1.165) is 25.3 Å². The van der Waals surface area contributed by atoms with E-state index in [0.29, 0.717) is 5.56 Å². The van der Waals surface area contributed by atoms with E-state index in [2.05, 4.69) is 4.72 Å². The highest BCUT2D eigenvalue weighted by atomic mass is 32.2. The van der Waals surface area contributed by atoms with Crippen LogP contribution in [0.2, 0.25) is 0 Å². The number of benzene rings is 1. The van der Waals surface area contributed by atoms with Gasteiger partial charge in [-0.2, -0.15) is 0 Å². The maximum atomic E-state index is 13.7. The van der Waals surface area contributed by atoms with Crippen LogP contribution in [0, 0.1) is 5.82 Å². The van der Waals surface area contributed by atoms with E-state index < -0.39 is 21.4 Å². The van der Waals surface area contributed by atoms with E-state index in [1.165, 1.54) is 12.1 Å². The second kappa shape index (κ2) is 4.60. The Balaban J connectivity index is 2.29. The standard InChI is InChI=1S/C12H16FNO3S/c1-12(5-2-6-12)14-18(16,17)11-4-3-9(8-15)7-10(11)13/h3-4,7,14-15H,2,5-6,8H2,1H3. The van der Waals surface area contributed by atoms with Crippen LogP contribution in [0.5, 0.6) is 0 Å². The van der Waals surface area contributed by atoms with Crippen LogP contribution in [-0.4, -0.2) is 19.1 Å². The molecule has 1 aliphatic carbocycles. The summed E-state index contributed by atoms with van der Waals surface area (Å²) < 4.78 is 40.3. The number of halogens is 1. The molecule has 4 nitrogen and oxygen atoms in total. The lowest BCUT2D eigenvalue weighted by molar-refractivity contribution is 0.247.